The first-order valence-corrected chi connectivity index (χ1v) is 10.4. The van der Waals surface area contributed by atoms with Gasteiger partial charge in [-0.05, 0) is 69.2 Å². The molecular formula is C23H22BrF3O3. The van der Waals surface area contributed by atoms with Crippen molar-refractivity contribution in [1.29, 1.82) is 0 Å². The van der Waals surface area contributed by atoms with E-state index in [0.29, 0.717) is 30.6 Å². The van der Waals surface area contributed by atoms with E-state index in [2.05, 4.69) is 15.9 Å². The van der Waals surface area contributed by atoms with Crippen LogP contribution in [0.2, 0.25) is 0 Å². The molecule has 3 nitrogen and oxygen atoms in total. The Morgan fingerprint density at radius 1 is 1.07 bits per heavy atom. The number of carbonyl (C=O) groups is 2. The molecule has 0 atom stereocenters. The average molecular weight is 483 g/mol. The van der Waals surface area contributed by atoms with Crippen molar-refractivity contribution in [3.8, 4) is 11.5 Å². The molecule has 1 saturated carbocycles. The minimum absolute atomic E-state index is 0.112. The van der Waals surface area contributed by atoms with Gasteiger partial charge in [0.25, 0.3) is 0 Å². The van der Waals surface area contributed by atoms with Gasteiger partial charge in [-0.2, -0.15) is 13.2 Å². The van der Waals surface area contributed by atoms with Gasteiger partial charge in [0.05, 0.1) is 10.0 Å². The Hall–Kier alpha value is -2.15. The van der Waals surface area contributed by atoms with Crippen LogP contribution in [0.3, 0.4) is 0 Å². The molecule has 1 aliphatic carbocycles. The van der Waals surface area contributed by atoms with Crippen LogP contribution in [0.25, 0.3) is 0 Å². The fourth-order valence-corrected chi connectivity index (χ4v) is 4.31. The van der Waals surface area contributed by atoms with Crippen LogP contribution in [0.4, 0.5) is 13.2 Å². The zero-order valence-corrected chi connectivity index (χ0v) is 18.5. The van der Waals surface area contributed by atoms with E-state index >= 15 is 0 Å². The summed E-state index contributed by atoms with van der Waals surface area (Å²) in [4.78, 5) is 25.5. The van der Waals surface area contributed by atoms with Crippen molar-refractivity contribution in [3.05, 3.63) is 57.6 Å². The lowest BCUT2D eigenvalue weighted by Crippen LogP contribution is -2.36. The zero-order valence-electron chi connectivity index (χ0n) is 16.9. The lowest BCUT2D eigenvalue weighted by molar-refractivity contribution is -0.138. The molecule has 0 aliphatic heterocycles. The topological polar surface area (TPSA) is 43.4 Å². The van der Waals surface area contributed by atoms with Crippen molar-refractivity contribution in [2.75, 3.05) is 0 Å². The van der Waals surface area contributed by atoms with E-state index in [-0.39, 0.29) is 27.2 Å². The van der Waals surface area contributed by atoms with Crippen molar-refractivity contribution in [1.82, 2.24) is 0 Å². The molecule has 0 amide bonds. The molecular weight excluding hydrogens is 461 g/mol. The van der Waals surface area contributed by atoms with Crippen LogP contribution in [0.1, 0.15) is 56.2 Å². The summed E-state index contributed by atoms with van der Waals surface area (Å²) in [5.74, 6) is -0.487. The molecule has 3 rings (SSSR count). The Morgan fingerprint density at radius 3 is 2.23 bits per heavy atom. The summed E-state index contributed by atoms with van der Waals surface area (Å²) in [6, 6.07) is 8.27. The second kappa shape index (κ2) is 8.17. The predicted molar refractivity (Wildman–Crippen MR) is 111 cm³/mol. The number of ether oxygens (including phenoxy) is 1. The summed E-state index contributed by atoms with van der Waals surface area (Å²) in [6.07, 6.45) is -3.17. The summed E-state index contributed by atoms with van der Waals surface area (Å²) in [6.45, 7) is 5.75. The summed E-state index contributed by atoms with van der Waals surface area (Å²) < 4.78 is 44.6. The van der Waals surface area contributed by atoms with Crippen LogP contribution in [0, 0.1) is 5.41 Å². The maximum absolute atomic E-state index is 12.9. The van der Waals surface area contributed by atoms with Crippen LogP contribution in [0.15, 0.2) is 40.9 Å². The third kappa shape index (κ3) is 4.77. The minimum atomic E-state index is -4.45. The minimum Gasteiger partial charge on any atom is -0.456 e. The molecule has 0 radical (unpaired) electrons. The number of alkyl halides is 3. The third-order valence-electron chi connectivity index (χ3n) is 5.25. The molecule has 0 bridgehead atoms. The number of halogens is 4. The van der Waals surface area contributed by atoms with Crippen molar-refractivity contribution in [3.63, 3.8) is 0 Å². The summed E-state index contributed by atoms with van der Waals surface area (Å²) in [7, 11) is 0. The van der Waals surface area contributed by atoms with E-state index in [1.807, 2.05) is 20.8 Å². The molecule has 160 valence electrons. The SMILES string of the molecule is CCc1ccc(Oc2ccc(C(F)(F)F)cc2Br)cc1C1C(=O)CC(C)(C)CC1=O. The number of benzene rings is 2. The highest BCUT2D eigenvalue weighted by Gasteiger charge is 2.41. The Balaban J connectivity index is 1.94. The second-order valence-corrected chi connectivity index (χ2v) is 9.20. The lowest BCUT2D eigenvalue weighted by atomic mass is 9.69. The highest BCUT2D eigenvalue weighted by atomic mass is 79.9. The van der Waals surface area contributed by atoms with Gasteiger partial charge in [-0.1, -0.05) is 26.8 Å². The van der Waals surface area contributed by atoms with Crippen LogP contribution in [-0.2, 0) is 22.2 Å². The Kier molecular flexibility index (Phi) is 6.14. The van der Waals surface area contributed by atoms with Crippen LogP contribution >= 0.6 is 15.9 Å². The number of hydrogen-bond donors (Lipinski definition) is 0. The third-order valence-corrected chi connectivity index (χ3v) is 5.87. The standard InChI is InChI=1S/C23H22BrF3O3/c1-4-13-5-7-15(30-20-8-6-14(9-17(20)24)23(25,26)27)10-16(13)21-18(28)11-22(2,3)12-19(21)29/h5-10,21H,4,11-12H2,1-3H3. The summed E-state index contributed by atoms with van der Waals surface area (Å²) in [5, 5.41) is 0. The molecule has 7 heteroatoms. The molecule has 0 N–H and O–H groups in total. The summed E-state index contributed by atoms with van der Waals surface area (Å²) in [5.41, 5.74) is 0.351. The van der Waals surface area contributed by atoms with Gasteiger partial charge >= 0.3 is 6.18 Å². The van der Waals surface area contributed by atoms with Gasteiger partial charge in [0, 0.05) is 12.8 Å². The quantitative estimate of drug-likeness (QED) is 0.446. The molecule has 0 unspecified atom stereocenters. The first-order valence-electron chi connectivity index (χ1n) is 9.64. The maximum Gasteiger partial charge on any atom is 0.416 e. The van der Waals surface area contributed by atoms with Crippen LogP contribution in [0.5, 0.6) is 11.5 Å². The molecule has 30 heavy (non-hydrogen) atoms. The Morgan fingerprint density at radius 2 is 1.70 bits per heavy atom. The first-order chi connectivity index (χ1) is 13.9. The molecule has 2 aromatic rings. The second-order valence-electron chi connectivity index (χ2n) is 8.34. The molecule has 0 spiro atoms. The first kappa shape index (κ1) is 22.5. The highest BCUT2D eigenvalue weighted by molar-refractivity contribution is 9.10. The van der Waals surface area contributed by atoms with Crippen molar-refractivity contribution in [2.24, 2.45) is 5.41 Å². The smallest absolute Gasteiger partial charge is 0.416 e. The number of ketones is 2. The summed E-state index contributed by atoms with van der Waals surface area (Å²) >= 11 is 3.12. The Bertz CT molecular complexity index is 976. The van der Waals surface area contributed by atoms with E-state index in [9.17, 15) is 22.8 Å². The van der Waals surface area contributed by atoms with Crippen molar-refractivity contribution >= 4 is 27.5 Å². The van der Waals surface area contributed by atoms with Gasteiger partial charge < -0.3 is 4.74 Å². The normalized spacial score (nSPS) is 17.3. The Labute approximate surface area is 181 Å². The molecule has 0 heterocycles. The molecule has 1 fully saturated rings. The van der Waals surface area contributed by atoms with Crippen LogP contribution < -0.4 is 4.74 Å². The largest absolute Gasteiger partial charge is 0.456 e. The number of Topliss-reactive ketones (excluding diaryl/α,β-unsaturated/α-hetero) is 2. The van der Waals surface area contributed by atoms with Gasteiger partial charge in [-0.3, -0.25) is 9.59 Å². The average Bonchev–Trinajstić information content (AvgIpc) is 2.61. The lowest BCUT2D eigenvalue weighted by Gasteiger charge is -2.33. The number of rotatable bonds is 4. The molecule has 0 saturated heterocycles. The van der Waals surface area contributed by atoms with E-state index in [0.717, 1.165) is 17.7 Å². The monoisotopic (exact) mass is 482 g/mol. The molecule has 1 aliphatic rings. The van der Waals surface area contributed by atoms with E-state index < -0.39 is 17.7 Å². The van der Waals surface area contributed by atoms with Gasteiger partial charge in [0.2, 0.25) is 0 Å². The fourth-order valence-electron chi connectivity index (χ4n) is 3.85. The van der Waals surface area contributed by atoms with Gasteiger partial charge in [0.1, 0.15) is 29.0 Å². The van der Waals surface area contributed by atoms with Gasteiger partial charge in [-0.15, -0.1) is 0 Å². The fraction of sp³-hybridized carbons (Fsp3) is 0.391. The highest BCUT2D eigenvalue weighted by Crippen LogP contribution is 2.41. The molecule has 0 aromatic heterocycles. The van der Waals surface area contributed by atoms with E-state index in [1.54, 1.807) is 18.2 Å². The van der Waals surface area contributed by atoms with E-state index in [4.69, 9.17) is 4.74 Å². The maximum atomic E-state index is 12.9. The number of hydrogen-bond acceptors (Lipinski definition) is 3. The van der Waals surface area contributed by atoms with Gasteiger partial charge in [-0.25, -0.2) is 0 Å². The van der Waals surface area contributed by atoms with Crippen molar-refractivity contribution in [2.45, 2.75) is 52.1 Å². The van der Waals surface area contributed by atoms with Gasteiger partial charge in [0.15, 0.2) is 0 Å². The molecule has 2 aromatic carbocycles. The zero-order chi connectivity index (χ0) is 22.3. The predicted octanol–water partition coefficient (Wildman–Crippen LogP) is 6.86. The van der Waals surface area contributed by atoms with E-state index in [1.165, 1.54) is 6.07 Å². The number of aryl methyl sites for hydroxylation is 1. The van der Waals surface area contributed by atoms with Crippen molar-refractivity contribution < 1.29 is 27.5 Å². The number of carbonyl (C=O) groups excluding carboxylic acids is 2. The van der Waals surface area contributed by atoms with Crippen LogP contribution in [-0.4, -0.2) is 11.6 Å².